The molecule has 3 nitrogen and oxygen atoms in total. The standard InChI is InChI=1S/C16H14ClNO2S/c17-14-5-1-3-12(7-14)9-16(20)18-10-15-8-13(11-21-15)4-2-6-19/h1,3,5,7-8,11,19H,6,9-10H2,(H,18,20). The smallest absolute Gasteiger partial charge is 0.224 e. The molecule has 21 heavy (non-hydrogen) atoms. The summed E-state index contributed by atoms with van der Waals surface area (Å²) in [4.78, 5) is 12.9. The minimum absolute atomic E-state index is 0.0475. The molecule has 2 N–H and O–H groups in total. The molecule has 1 aromatic heterocycles. The third-order valence-electron chi connectivity index (χ3n) is 2.68. The van der Waals surface area contributed by atoms with Crippen molar-refractivity contribution in [1.29, 1.82) is 0 Å². The molecule has 0 unspecified atom stereocenters. The molecule has 1 aromatic carbocycles. The number of rotatable bonds is 4. The van der Waals surface area contributed by atoms with Crippen molar-refractivity contribution in [3.8, 4) is 11.8 Å². The van der Waals surface area contributed by atoms with Crippen LogP contribution >= 0.6 is 22.9 Å². The first-order chi connectivity index (χ1) is 10.2. The highest BCUT2D eigenvalue weighted by Crippen LogP contribution is 2.14. The average molecular weight is 320 g/mol. The van der Waals surface area contributed by atoms with Gasteiger partial charge in [-0.05, 0) is 23.8 Å². The van der Waals surface area contributed by atoms with Crippen molar-refractivity contribution in [1.82, 2.24) is 5.32 Å². The van der Waals surface area contributed by atoms with Crippen LogP contribution in [0.25, 0.3) is 0 Å². The van der Waals surface area contributed by atoms with Crippen LogP contribution in [0.15, 0.2) is 35.7 Å². The zero-order valence-corrected chi connectivity index (χ0v) is 12.8. The van der Waals surface area contributed by atoms with Gasteiger partial charge in [-0.1, -0.05) is 35.6 Å². The Balaban J connectivity index is 1.85. The molecule has 0 bridgehead atoms. The number of halogens is 1. The van der Waals surface area contributed by atoms with E-state index in [1.165, 1.54) is 11.3 Å². The van der Waals surface area contributed by atoms with Crippen LogP contribution in [0.2, 0.25) is 5.02 Å². The van der Waals surface area contributed by atoms with Crippen LogP contribution in [0.1, 0.15) is 16.0 Å². The van der Waals surface area contributed by atoms with Gasteiger partial charge in [0.15, 0.2) is 0 Å². The number of aliphatic hydroxyl groups is 1. The molecule has 1 heterocycles. The van der Waals surface area contributed by atoms with Crippen molar-refractivity contribution < 1.29 is 9.90 Å². The minimum atomic E-state index is -0.151. The predicted molar refractivity (Wildman–Crippen MR) is 85.3 cm³/mol. The van der Waals surface area contributed by atoms with E-state index in [2.05, 4.69) is 17.2 Å². The molecular weight excluding hydrogens is 306 g/mol. The topological polar surface area (TPSA) is 49.3 Å². The second-order valence-corrected chi connectivity index (χ2v) is 5.78. The van der Waals surface area contributed by atoms with E-state index in [1.807, 2.05) is 23.6 Å². The van der Waals surface area contributed by atoms with Crippen molar-refractivity contribution in [2.45, 2.75) is 13.0 Å². The quantitative estimate of drug-likeness (QED) is 0.851. The maximum Gasteiger partial charge on any atom is 0.224 e. The molecule has 0 radical (unpaired) electrons. The largest absolute Gasteiger partial charge is 0.384 e. The van der Waals surface area contributed by atoms with E-state index in [0.717, 1.165) is 16.0 Å². The van der Waals surface area contributed by atoms with Crippen LogP contribution in [0.4, 0.5) is 0 Å². The van der Waals surface area contributed by atoms with Gasteiger partial charge in [0.2, 0.25) is 5.91 Å². The van der Waals surface area contributed by atoms with Gasteiger partial charge in [0.05, 0.1) is 13.0 Å². The first-order valence-electron chi connectivity index (χ1n) is 6.35. The Morgan fingerprint density at radius 1 is 1.38 bits per heavy atom. The van der Waals surface area contributed by atoms with E-state index in [-0.39, 0.29) is 12.5 Å². The van der Waals surface area contributed by atoms with Gasteiger partial charge in [0.25, 0.3) is 0 Å². The fourth-order valence-electron chi connectivity index (χ4n) is 1.76. The van der Waals surface area contributed by atoms with Gasteiger partial charge in [-0.15, -0.1) is 11.3 Å². The molecular formula is C16H14ClNO2S. The van der Waals surface area contributed by atoms with Crippen LogP contribution in [-0.2, 0) is 17.8 Å². The Bertz CT molecular complexity index is 685. The number of benzene rings is 1. The zero-order chi connectivity index (χ0) is 15.1. The summed E-state index contributed by atoms with van der Waals surface area (Å²) in [5.74, 6) is 5.38. The van der Waals surface area contributed by atoms with E-state index in [1.54, 1.807) is 12.1 Å². The zero-order valence-electron chi connectivity index (χ0n) is 11.2. The molecule has 0 fully saturated rings. The monoisotopic (exact) mass is 319 g/mol. The van der Waals surface area contributed by atoms with Crippen LogP contribution in [-0.4, -0.2) is 17.6 Å². The van der Waals surface area contributed by atoms with Crippen LogP contribution in [0.5, 0.6) is 0 Å². The van der Waals surface area contributed by atoms with Gasteiger partial charge in [0, 0.05) is 20.8 Å². The van der Waals surface area contributed by atoms with Crippen molar-refractivity contribution in [3.05, 3.63) is 56.7 Å². The predicted octanol–water partition coefficient (Wildman–Crippen LogP) is 2.60. The Morgan fingerprint density at radius 3 is 3.00 bits per heavy atom. The Hall–Kier alpha value is -1.80. The number of carbonyl (C=O) groups is 1. The molecule has 0 saturated heterocycles. The SMILES string of the molecule is O=C(Cc1cccc(Cl)c1)NCc1cc(C#CCO)cs1. The Morgan fingerprint density at radius 2 is 2.24 bits per heavy atom. The van der Waals surface area contributed by atoms with Crippen molar-refractivity contribution in [2.75, 3.05) is 6.61 Å². The normalized spacial score (nSPS) is 9.81. The van der Waals surface area contributed by atoms with Crippen molar-refractivity contribution in [2.24, 2.45) is 0 Å². The lowest BCUT2D eigenvalue weighted by Gasteiger charge is -2.04. The Labute approximate surface area is 132 Å². The van der Waals surface area contributed by atoms with Gasteiger partial charge in [0.1, 0.15) is 6.61 Å². The summed E-state index contributed by atoms with van der Waals surface area (Å²) >= 11 is 7.42. The van der Waals surface area contributed by atoms with E-state index in [0.29, 0.717) is 18.0 Å². The third kappa shape index (κ3) is 5.24. The van der Waals surface area contributed by atoms with Gasteiger partial charge in [-0.2, -0.15) is 0 Å². The lowest BCUT2D eigenvalue weighted by molar-refractivity contribution is -0.120. The maximum atomic E-state index is 11.9. The number of thiophene rings is 1. The summed E-state index contributed by atoms with van der Waals surface area (Å²) in [7, 11) is 0. The number of nitrogens with one attached hydrogen (secondary N) is 1. The van der Waals surface area contributed by atoms with E-state index in [9.17, 15) is 4.79 Å². The maximum absolute atomic E-state index is 11.9. The number of hydrogen-bond acceptors (Lipinski definition) is 3. The number of carbonyl (C=O) groups excluding carboxylic acids is 1. The van der Waals surface area contributed by atoms with Gasteiger partial charge < -0.3 is 10.4 Å². The summed E-state index contributed by atoms with van der Waals surface area (Å²) < 4.78 is 0. The molecule has 5 heteroatoms. The molecule has 1 amide bonds. The molecule has 0 spiro atoms. The molecule has 0 atom stereocenters. The number of aliphatic hydroxyl groups excluding tert-OH is 1. The summed E-state index contributed by atoms with van der Waals surface area (Å²) in [5.41, 5.74) is 1.74. The van der Waals surface area contributed by atoms with Gasteiger partial charge in [-0.3, -0.25) is 4.79 Å². The number of amides is 1. The summed E-state index contributed by atoms with van der Waals surface area (Å²) in [6.07, 6.45) is 0.309. The van der Waals surface area contributed by atoms with Crippen LogP contribution in [0, 0.1) is 11.8 Å². The number of hydrogen-bond donors (Lipinski definition) is 2. The third-order valence-corrected chi connectivity index (χ3v) is 3.85. The lowest BCUT2D eigenvalue weighted by Crippen LogP contribution is -2.24. The first-order valence-corrected chi connectivity index (χ1v) is 7.61. The fraction of sp³-hybridized carbons (Fsp3) is 0.188. The van der Waals surface area contributed by atoms with E-state index >= 15 is 0 Å². The molecule has 2 aromatic rings. The second kappa shape index (κ2) is 7.84. The van der Waals surface area contributed by atoms with E-state index < -0.39 is 0 Å². The highest BCUT2D eigenvalue weighted by atomic mass is 35.5. The highest BCUT2D eigenvalue weighted by molar-refractivity contribution is 7.10. The molecule has 0 aliphatic rings. The fourth-order valence-corrected chi connectivity index (χ4v) is 2.73. The van der Waals surface area contributed by atoms with Gasteiger partial charge >= 0.3 is 0 Å². The lowest BCUT2D eigenvalue weighted by atomic mass is 10.1. The summed E-state index contributed by atoms with van der Waals surface area (Å²) in [6.45, 7) is 0.326. The Kier molecular flexibility index (Phi) is 5.82. The van der Waals surface area contributed by atoms with Gasteiger partial charge in [-0.25, -0.2) is 0 Å². The molecule has 0 saturated carbocycles. The average Bonchev–Trinajstić information content (AvgIpc) is 2.91. The minimum Gasteiger partial charge on any atom is -0.384 e. The van der Waals surface area contributed by atoms with Crippen molar-refractivity contribution in [3.63, 3.8) is 0 Å². The molecule has 2 rings (SSSR count). The first kappa shape index (κ1) is 15.6. The summed E-state index contributed by atoms with van der Waals surface area (Å²) in [5, 5.41) is 14.0. The van der Waals surface area contributed by atoms with E-state index in [4.69, 9.17) is 16.7 Å². The highest BCUT2D eigenvalue weighted by Gasteiger charge is 2.05. The molecule has 108 valence electrons. The van der Waals surface area contributed by atoms with Crippen LogP contribution in [0.3, 0.4) is 0 Å². The van der Waals surface area contributed by atoms with Crippen LogP contribution < -0.4 is 5.32 Å². The van der Waals surface area contributed by atoms with Crippen molar-refractivity contribution >= 4 is 28.8 Å². The molecule has 0 aliphatic heterocycles. The molecule has 0 aliphatic carbocycles. The summed E-state index contributed by atoms with van der Waals surface area (Å²) in [6, 6.07) is 9.18. The second-order valence-electron chi connectivity index (χ2n) is 4.35.